The summed E-state index contributed by atoms with van der Waals surface area (Å²) >= 11 is 0. The number of nitrogens with one attached hydrogen (secondary N) is 1. The monoisotopic (exact) mass is 260 g/mol. The molecule has 0 aliphatic carbocycles. The van der Waals surface area contributed by atoms with Gasteiger partial charge >= 0.3 is 0 Å². The standard InChI is InChI=1S/C14H20N4O/c1-10-8-12(18(2)17-10)9-14(16-15)11-4-6-13(19-3)7-5-11/h4-8,14,16H,9,15H2,1-3H3. The second-order valence-electron chi connectivity index (χ2n) is 4.60. The summed E-state index contributed by atoms with van der Waals surface area (Å²) in [5.74, 6) is 6.51. The minimum Gasteiger partial charge on any atom is -0.497 e. The van der Waals surface area contributed by atoms with Gasteiger partial charge in [-0.05, 0) is 30.7 Å². The van der Waals surface area contributed by atoms with Crippen molar-refractivity contribution >= 4 is 0 Å². The van der Waals surface area contributed by atoms with Crippen LogP contribution in [0.25, 0.3) is 0 Å². The molecule has 0 saturated carbocycles. The second-order valence-corrected chi connectivity index (χ2v) is 4.60. The third-order valence-corrected chi connectivity index (χ3v) is 3.23. The number of hydrogen-bond acceptors (Lipinski definition) is 4. The number of hydrazine groups is 1. The van der Waals surface area contributed by atoms with Crippen molar-refractivity contribution in [3.8, 4) is 5.75 Å². The molecule has 0 radical (unpaired) electrons. The Kier molecular flexibility index (Phi) is 4.19. The van der Waals surface area contributed by atoms with Gasteiger partial charge in [0, 0.05) is 19.2 Å². The van der Waals surface area contributed by atoms with Crippen LogP contribution in [0.2, 0.25) is 0 Å². The van der Waals surface area contributed by atoms with Gasteiger partial charge in [-0.25, -0.2) is 0 Å². The Labute approximate surface area is 113 Å². The minimum atomic E-state index is 0.0562. The number of aryl methyl sites for hydroxylation is 2. The van der Waals surface area contributed by atoms with Crippen LogP contribution in [0.15, 0.2) is 30.3 Å². The second kappa shape index (κ2) is 5.86. The molecule has 0 aliphatic rings. The largest absolute Gasteiger partial charge is 0.497 e. The van der Waals surface area contributed by atoms with Crippen LogP contribution in [-0.4, -0.2) is 16.9 Å². The van der Waals surface area contributed by atoms with Gasteiger partial charge in [0.15, 0.2) is 0 Å². The molecule has 0 aliphatic heterocycles. The van der Waals surface area contributed by atoms with Crippen LogP contribution >= 0.6 is 0 Å². The molecule has 1 aromatic carbocycles. The fourth-order valence-corrected chi connectivity index (χ4v) is 2.17. The maximum Gasteiger partial charge on any atom is 0.118 e. The van der Waals surface area contributed by atoms with Gasteiger partial charge in [-0.15, -0.1) is 0 Å². The van der Waals surface area contributed by atoms with Crippen molar-refractivity contribution in [2.75, 3.05) is 7.11 Å². The first-order valence-corrected chi connectivity index (χ1v) is 6.23. The number of nitrogens with zero attached hydrogens (tertiary/aromatic N) is 2. The van der Waals surface area contributed by atoms with E-state index in [4.69, 9.17) is 10.6 Å². The molecule has 1 atom stereocenters. The zero-order valence-electron chi connectivity index (χ0n) is 11.6. The molecule has 1 unspecified atom stereocenters. The molecule has 1 aromatic heterocycles. The summed E-state index contributed by atoms with van der Waals surface area (Å²) in [6, 6.07) is 10.1. The van der Waals surface area contributed by atoms with E-state index in [1.54, 1.807) is 7.11 Å². The van der Waals surface area contributed by atoms with Gasteiger partial charge in [-0.2, -0.15) is 5.10 Å². The number of rotatable bonds is 5. The summed E-state index contributed by atoms with van der Waals surface area (Å²) in [7, 11) is 3.61. The molecule has 102 valence electrons. The van der Waals surface area contributed by atoms with E-state index in [1.807, 2.05) is 42.9 Å². The maximum absolute atomic E-state index is 5.67. The van der Waals surface area contributed by atoms with Crippen LogP contribution in [0.5, 0.6) is 5.75 Å². The Hall–Kier alpha value is -1.85. The van der Waals surface area contributed by atoms with Gasteiger partial charge in [0.2, 0.25) is 0 Å². The molecule has 0 fully saturated rings. The maximum atomic E-state index is 5.67. The van der Waals surface area contributed by atoms with E-state index in [1.165, 1.54) is 0 Å². The SMILES string of the molecule is COc1ccc(C(Cc2cc(C)nn2C)NN)cc1. The van der Waals surface area contributed by atoms with Crippen molar-refractivity contribution in [1.29, 1.82) is 0 Å². The normalized spacial score (nSPS) is 12.4. The predicted molar refractivity (Wildman–Crippen MR) is 74.7 cm³/mol. The summed E-state index contributed by atoms with van der Waals surface area (Å²) in [4.78, 5) is 0. The van der Waals surface area contributed by atoms with Gasteiger partial charge in [0.05, 0.1) is 18.8 Å². The third kappa shape index (κ3) is 3.13. The summed E-state index contributed by atoms with van der Waals surface area (Å²) in [6.07, 6.45) is 0.792. The molecule has 3 N–H and O–H groups in total. The average molecular weight is 260 g/mol. The quantitative estimate of drug-likeness (QED) is 0.631. The van der Waals surface area contributed by atoms with E-state index in [9.17, 15) is 0 Å². The number of aromatic nitrogens is 2. The van der Waals surface area contributed by atoms with E-state index in [2.05, 4.69) is 16.6 Å². The lowest BCUT2D eigenvalue weighted by Gasteiger charge is -2.16. The summed E-state index contributed by atoms with van der Waals surface area (Å²) in [5, 5.41) is 4.35. The Morgan fingerprint density at radius 2 is 2.05 bits per heavy atom. The van der Waals surface area contributed by atoms with Crippen LogP contribution in [0.4, 0.5) is 0 Å². The number of hydrogen-bond donors (Lipinski definition) is 2. The first kappa shape index (κ1) is 13.6. The number of ether oxygens (including phenoxy) is 1. The van der Waals surface area contributed by atoms with E-state index < -0.39 is 0 Å². The van der Waals surface area contributed by atoms with Gasteiger partial charge in [-0.1, -0.05) is 12.1 Å². The van der Waals surface area contributed by atoms with Crippen LogP contribution in [0, 0.1) is 6.92 Å². The molecule has 0 saturated heterocycles. The highest BCUT2D eigenvalue weighted by molar-refractivity contribution is 5.30. The fraction of sp³-hybridized carbons (Fsp3) is 0.357. The van der Waals surface area contributed by atoms with E-state index in [0.29, 0.717) is 0 Å². The smallest absolute Gasteiger partial charge is 0.118 e. The lowest BCUT2D eigenvalue weighted by atomic mass is 10.0. The first-order chi connectivity index (χ1) is 9.13. The van der Waals surface area contributed by atoms with Crippen molar-refractivity contribution < 1.29 is 4.74 Å². The zero-order valence-corrected chi connectivity index (χ0v) is 11.6. The Bertz CT molecular complexity index is 533. The van der Waals surface area contributed by atoms with Crippen molar-refractivity contribution in [3.63, 3.8) is 0 Å². The van der Waals surface area contributed by atoms with Crippen LogP contribution in [0.1, 0.15) is 23.0 Å². The van der Waals surface area contributed by atoms with Gasteiger partial charge < -0.3 is 4.74 Å². The molecule has 0 amide bonds. The minimum absolute atomic E-state index is 0.0562. The zero-order chi connectivity index (χ0) is 13.8. The van der Waals surface area contributed by atoms with Crippen LogP contribution in [-0.2, 0) is 13.5 Å². The van der Waals surface area contributed by atoms with Gasteiger partial charge in [0.25, 0.3) is 0 Å². The highest BCUT2D eigenvalue weighted by Gasteiger charge is 2.13. The fourth-order valence-electron chi connectivity index (χ4n) is 2.17. The van der Waals surface area contributed by atoms with E-state index >= 15 is 0 Å². The number of methoxy groups -OCH3 is 1. The Morgan fingerprint density at radius 1 is 1.37 bits per heavy atom. The van der Waals surface area contributed by atoms with E-state index in [-0.39, 0.29) is 6.04 Å². The van der Waals surface area contributed by atoms with Crippen molar-refractivity contribution in [1.82, 2.24) is 15.2 Å². The molecular formula is C14H20N4O. The third-order valence-electron chi connectivity index (χ3n) is 3.23. The molecular weight excluding hydrogens is 240 g/mol. The molecule has 0 bridgehead atoms. The lowest BCUT2D eigenvalue weighted by molar-refractivity contribution is 0.414. The van der Waals surface area contributed by atoms with Gasteiger partial charge in [-0.3, -0.25) is 16.0 Å². The molecule has 2 aromatic rings. The van der Waals surface area contributed by atoms with Gasteiger partial charge in [0.1, 0.15) is 5.75 Å². The molecule has 19 heavy (non-hydrogen) atoms. The van der Waals surface area contributed by atoms with Crippen molar-refractivity contribution in [2.24, 2.45) is 12.9 Å². The molecule has 5 heteroatoms. The molecule has 2 rings (SSSR count). The van der Waals surface area contributed by atoms with Crippen molar-refractivity contribution in [2.45, 2.75) is 19.4 Å². The lowest BCUT2D eigenvalue weighted by Crippen LogP contribution is -2.30. The average Bonchev–Trinajstić information content (AvgIpc) is 2.74. The topological polar surface area (TPSA) is 65.1 Å². The summed E-state index contributed by atoms with van der Waals surface area (Å²) < 4.78 is 7.05. The highest BCUT2D eigenvalue weighted by atomic mass is 16.5. The highest BCUT2D eigenvalue weighted by Crippen LogP contribution is 2.20. The molecule has 0 spiro atoms. The van der Waals surface area contributed by atoms with Crippen LogP contribution < -0.4 is 16.0 Å². The first-order valence-electron chi connectivity index (χ1n) is 6.23. The Morgan fingerprint density at radius 3 is 2.53 bits per heavy atom. The Balaban J connectivity index is 2.17. The number of nitrogens with two attached hydrogens (primary N) is 1. The van der Waals surface area contributed by atoms with E-state index in [0.717, 1.165) is 29.1 Å². The molecule has 5 nitrogen and oxygen atoms in total. The number of benzene rings is 1. The molecule has 1 heterocycles. The summed E-state index contributed by atoms with van der Waals surface area (Å²) in [5.41, 5.74) is 6.15. The van der Waals surface area contributed by atoms with Crippen molar-refractivity contribution in [3.05, 3.63) is 47.3 Å². The summed E-state index contributed by atoms with van der Waals surface area (Å²) in [6.45, 7) is 1.99. The predicted octanol–water partition coefficient (Wildman–Crippen LogP) is 1.48. The van der Waals surface area contributed by atoms with Crippen LogP contribution in [0.3, 0.4) is 0 Å².